The Labute approximate surface area is 124 Å². The molecule has 0 radical (unpaired) electrons. The number of hydrogen-bond acceptors (Lipinski definition) is 3. The Morgan fingerprint density at radius 3 is 2.19 bits per heavy atom. The zero-order valence-corrected chi connectivity index (χ0v) is 13.0. The molecular weight excluding hydrogens is 286 g/mol. The van der Waals surface area contributed by atoms with Gasteiger partial charge in [0.25, 0.3) is 10.0 Å². The molecule has 4 nitrogen and oxygen atoms in total. The van der Waals surface area contributed by atoms with E-state index in [2.05, 4.69) is 4.72 Å². The van der Waals surface area contributed by atoms with Gasteiger partial charge in [0.05, 0.1) is 4.90 Å². The van der Waals surface area contributed by atoms with Gasteiger partial charge in [-0.2, -0.15) is 0 Å². The van der Waals surface area contributed by atoms with Crippen molar-refractivity contribution >= 4 is 21.5 Å². The van der Waals surface area contributed by atoms with E-state index in [4.69, 9.17) is 0 Å². The van der Waals surface area contributed by atoms with Crippen molar-refractivity contribution < 1.29 is 13.2 Å². The molecule has 21 heavy (non-hydrogen) atoms. The van der Waals surface area contributed by atoms with E-state index in [9.17, 15) is 13.2 Å². The highest BCUT2D eigenvalue weighted by Crippen LogP contribution is 2.21. The van der Waals surface area contributed by atoms with Crippen LogP contribution in [-0.2, 0) is 10.0 Å². The quantitative estimate of drug-likeness (QED) is 0.881. The van der Waals surface area contributed by atoms with Gasteiger partial charge in [-0.05, 0) is 44.5 Å². The number of rotatable bonds is 4. The molecule has 0 amide bonds. The summed E-state index contributed by atoms with van der Waals surface area (Å²) in [7, 11) is -3.72. The van der Waals surface area contributed by atoms with Crippen LogP contribution in [0.3, 0.4) is 0 Å². The normalized spacial score (nSPS) is 11.2. The fraction of sp³-hybridized carbons (Fsp3) is 0.188. The van der Waals surface area contributed by atoms with Gasteiger partial charge in [0.1, 0.15) is 0 Å². The van der Waals surface area contributed by atoms with Gasteiger partial charge < -0.3 is 0 Å². The molecule has 0 aliphatic heterocycles. The summed E-state index contributed by atoms with van der Waals surface area (Å²) < 4.78 is 27.4. The standard InChI is InChI=1S/C16H17NO3S/c1-11-4-8-15(9-5-11)17-21(19,20)16-10-14(13(3)18)7-6-12(16)2/h4-10,17H,1-3H3. The predicted molar refractivity (Wildman–Crippen MR) is 83.2 cm³/mol. The van der Waals surface area contributed by atoms with E-state index >= 15 is 0 Å². The summed E-state index contributed by atoms with van der Waals surface area (Å²) in [6, 6.07) is 11.7. The Bertz CT molecular complexity index is 778. The average Bonchev–Trinajstić information content (AvgIpc) is 2.41. The van der Waals surface area contributed by atoms with Crippen LogP contribution >= 0.6 is 0 Å². The summed E-state index contributed by atoms with van der Waals surface area (Å²) in [6.07, 6.45) is 0. The third-order valence-electron chi connectivity index (χ3n) is 3.19. The zero-order valence-electron chi connectivity index (χ0n) is 12.2. The fourth-order valence-electron chi connectivity index (χ4n) is 1.94. The lowest BCUT2D eigenvalue weighted by Crippen LogP contribution is -2.15. The second-order valence-electron chi connectivity index (χ2n) is 5.01. The van der Waals surface area contributed by atoms with Crippen molar-refractivity contribution in [2.45, 2.75) is 25.7 Å². The van der Waals surface area contributed by atoms with Crippen LogP contribution in [0.1, 0.15) is 28.4 Å². The van der Waals surface area contributed by atoms with E-state index in [-0.39, 0.29) is 10.7 Å². The Kier molecular flexibility index (Phi) is 4.14. The first kappa shape index (κ1) is 15.3. The molecule has 2 aromatic carbocycles. The Morgan fingerprint density at radius 1 is 1.00 bits per heavy atom. The molecule has 0 atom stereocenters. The minimum Gasteiger partial charge on any atom is -0.295 e. The third-order valence-corrected chi connectivity index (χ3v) is 4.71. The smallest absolute Gasteiger partial charge is 0.262 e. The van der Waals surface area contributed by atoms with Crippen LogP contribution in [0.5, 0.6) is 0 Å². The number of hydrogen-bond donors (Lipinski definition) is 1. The molecule has 0 saturated carbocycles. The molecule has 2 aromatic rings. The topological polar surface area (TPSA) is 63.2 Å². The zero-order chi connectivity index (χ0) is 15.6. The second kappa shape index (κ2) is 5.69. The highest BCUT2D eigenvalue weighted by atomic mass is 32.2. The summed E-state index contributed by atoms with van der Waals surface area (Å²) in [5.74, 6) is -0.165. The number of benzene rings is 2. The van der Waals surface area contributed by atoms with Gasteiger partial charge in [-0.25, -0.2) is 8.42 Å². The number of nitrogens with one attached hydrogen (secondary N) is 1. The molecule has 2 rings (SSSR count). The summed E-state index contributed by atoms with van der Waals surface area (Å²) in [6.45, 7) is 5.04. The van der Waals surface area contributed by atoms with E-state index in [1.165, 1.54) is 13.0 Å². The summed E-state index contributed by atoms with van der Waals surface area (Å²) in [5, 5.41) is 0. The summed E-state index contributed by atoms with van der Waals surface area (Å²) in [5.41, 5.74) is 2.52. The largest absolute Gasteiger partial charge is 0.295 e. The molecule has 5 heteroatoms. The highest BCUT2D eigenvalue weighted by molar-refractivity contribution is 7.92. The van der Waals surface area contributed by atoms with E-state index in [1.807, 2.05) is 19.1 Å². The van der Waals surface area contributed by atoms with Crippen molar-refractivity contribution in [3.05, 3.63) is 59.2 Å². The minimum absolute atomic E-state index is 0.121. The molecule has 0 fully saturated rings. The highest BCUT2D eigenvalue weighted by Gasteiger charge is 2.18. The van der Waals surface area contributed by atoms with Gasteiger partial charge in [0, 0.05) is 11.3 Å². The number of Topliss-reactive ketones (excluding diaryl/α,β-unsaturated/α-hetero) is 1. The van der Waals surface area contributed by atoms with Crippen LogP contribution in [0.25, 0.3) is 0 Å². The Hall–Kier alpha value is -2.14. The minimum atomic E-state index is -3.72. The van der Waals surface area contributed by atoms with E-state index < -0.39 is 10.0 Å². The lowest BCUT2D eigenvalue weighted by Gasteiger charge is -2.11. The van der Waals surface area contributed by atoms with Crippen molar-refractivity contribution in [3.8, 4) is 0 Å². The lowest BCUT2D eigenvalue weighted by molar-refractivity contribution is 0.101. The molecule has 0 heterocycles. The lowest BCUT2D eigenvalue weighted by atomic mass is 10.1. The van der Waals surface area contributed by atoms with Crippen LogP contribution in [0.15, 0.2) is 47.4 Å². The van der Waals surface area contributed by atoms with Gasteiger partial charge in [-0.3, -0.25) is 9.52 Å². The van der Waals surface area contributed by atoms with E-state index in [0.717, 1.165) is 5.56 Å². The van der Waals surface area contributed by atoms with Gasteiger partial charge in [0.15, 0.2) is 5.78 Å². The molecule has 0 unspecified atom stereocenters. The van der Waals surface area contributed by atoms with Crippen molar-refractivity contribution in [1.29, 1.82) is 0 Å². The SMILES string of the molecule is CC(=O)c1ccc(C)c(S(=O)(=O)Nc2ccc(C)cc2)c1. The fourth-order valence-corrected chi connectivity index (χ4v) is 3.27. The van der Waals surface area contributed by atoms with Crippen LogP contribution in [0, 0.1) is 13.8 Å². The Morgan fingerprint density at radius 2 is 1.62 bits per heavy atom. The van der Waals surface area contributed by atoms with Crippen molar-refractivity contribution in [2.24, 2.45) is 0 Å². The molecule has 0 bridgehead atoms. The second-order valence-corrected chi connectivity index (χ2v) is 6.66. The first-order chi connectivity index (χ1) is 9.79. The first-order valence-corrected chi connectivity index (χ1v) is 7.99. The van der Waals surface area contributed by atoms with Crippen LogP contribution in [-0.4, -0.2) is 14.2 Å². The molecule has 0 spiro atoms. The maximum absolute atomic E-state index is 12.5. The molecule has 110 valence electrons. The van der Waals surface area contributed by atoms with E-state index in [0.29, 0.717) is 16.8 Å². The molecule has 0 aliphatic carbocycles. The molecule has 0 aromatic heterocycles. The van der Waals surface area contributed by atoms with Gasteiger partial charge in [0.2, 0.25) is 0 Å². The van der Waals surface area contributed by atoms with Crippen molar-refractivity contribution in [3.63, 3.8) is 0 Å². The van der Waals surface area contributed by atoms with Crippen molar-refractivity contribution in [2.75, 3.05) is 4.72 Å². The van der Waals surface area contributed by atoms with Crippen LogP contribution in [0.2, 0.25) is 0 Å². The number of aryl methyl sites for hydroxylation is 2. The number of sulfonamides is 1. The van der Waals surface area contributed by atoms with Crippen LogP contribution < -0.4 is 4.72 Å². The molecule has 0 saturated heterocycles. The maximum atomic E-state index is 12.5. The number of carbonyl (C=O) groups is 1. The van der Waals surface area contributed by atoms with Crippen molar-refractivity contribution in [1.82, 2.24) is 0 Å². The molecule has 0 aliphatic rings. The molecule has 1 N–H and O–H groups in total. The third kappa shape index (κ3) is 3.49. The monoisotopic (exact) mass is 303 g/mol. The first-order valence-electron chi connectivity index (χ1n) is 6.51. The van der Waals surface area contributed by atoms with E-state index in [1.54, 1.807) is 31.2 Å². The summed E-state index contributed by atoms with van der Waals surface area (Å²) >= 11 is 0. The maximum Gasteiger partial charge on any atom is 0.262 e. The summed E-state index contributed by atoms with van der Waals surface area (Å²) in [4.78, 5) is 11.5. The predicted octanol–water partition coefficient (Wildman–Crippen LogP) is 3.31. The number of anilines is 1. The van der Waals surface area contributed by atoms with Gasteiger partial charge in [-0.1, -0.05) is 29.8 Å². The number of carbonyl (C=O) groups excluding carboxylic acids is 1. The van der Waals surface area contributed by atoms with Crippen LogP contribution in [0.4, 0.5) is 5.69 Å². The van der Waals surface area contributed by atoms with Gasteiger partial charge in [-0.15, -0.1) is 0 Å². The Balaban J connectivity index is 2.41. The van der Waals surface area contributed by atoms with Gasteiger partial charge >= 0.3 is 0 Å². The molecular formula is C16H17NO3S. The average molecular weight is 303 g/mol. The number of ketones is 1.